The Morgan fingerprint density at radius 1 is 0.848 bits per heavy atom. The highest BCUT2D eigenvalue weighted by Crippen LogP contribution is 2.58. The van der Waals surface area contributed by atoms with Crippen molar-refractivity contribution >= 4 is 28.2 Å². The van der Waals surface area contributed by atoms with Crippen molar-refractivity contribution in [3.8, 4) is 0 Å². The van der Waals surface area contributed by atoms with Crippen molar-refractivity contribution in [1.82, 2.24) is 0 Å². The van der Waals surface area contributed by atoms with Crippen LogP contribution in [0.2, 0.25) is 0 Å². The molecule has 1 aromatic heterocycles. The molecule has 0 unspecified atom stereocenters. The van der Waals surface area contributed by atoms with Gasteiger partial charge in [0.15, 0.2) is 0 Å². The summed E-state index contributed by atoms with van der Waals surface area (Å²) in [7, 11) is 0. The zero-order valence-corrected chi connectivity index (χ0v) is 16.6. The summed E-state index contributed by atoms with van der Waals surface area (Å²) < 4.78 is 159. The Bertz CT molecular complexity index is 944. The van der Waals surface area contributed by atoms with E-state index in [0.717, 1.165) is 5.32 Å². The Morgan fingerprint density at radius 2 is 1.36 bits per heavy atom. The fourth-order valence-corrected chi connectivity index (χ4v) is 4.27. The molecule has 1 heterocycles. The summed E-state index contributed by atoms with van der Waals surface area (Å²) in [5, 5.41) is 0.129. The molecule has 33 heavy (non-hydrogen) atoms. The fraction of sp³-hybridized carbons (Fsp3) is 0.625. The quantitative estimate of drug-likeness (QED) is 0.465. The fourth-order valence-electron chi connectivity index (χ4n) is 2.98. The van der Waals surface area contributed by atoms with E-state index in [4.69, 9.17) is 5.73 Å². The largest absolute Gasteiger partial charge is 0.393 e. The van der Waals surface area contributed by atoms with Crippen LogP contribution in [0.4, 0.5) is 57.7 Å². The number of halogens is 12. The van der Waals surface area contributed by atoms with Crippen LogP contribution in [0.3, 0.4) is 0 Å². The Kier molecular flexibility index (Phi) is 6.75. The first-order valence-electron chi connectivity index (χ1n) is 8.68. The van der Waals surface area contributed by atoms with E-state index in [1.54, 1.807) is 0 Å². The molecule has 1 aliphatic carbocycles. The van der Waals surface area contributed by atoms with Crippen molar-refractivity contribution in [3.63, 3.8) is 0 Å². The molecule has 0 spiro atoms. The molecule has 4 nitrogen and oxygen atoms in total. The smallest absolute Gasteiger partial charge is 0.365 e. The van der Waals surface area contributed by atoms with Crippen LogP contribution < -0.4 is 11.1 Å². The van der Waals surface area contributed by atoms with E-state index >= 15 is 0 Å². The average Bonchev–Trinajstić information content (AvgIpc) is 3.04. The highest BCUT2D eigenvalue weighted by Gasteiger charge is 2.89. The number of nitrogens with two attached hydrogens (primary N) is 1. The summed E-state index contributed by atoms with van der Waals surface area (Å²) in [5.74, 6) is -41.8. The van der Waals surface area contributed by atoms with Gasteiger partial charge < -0.3 is 11.1 Å². The van der Waals surface area contributed by atoms with Crippen LogP contribution in [0.1, 0.15) is 33.6 Å². The van der Waals surface area contributed by atoms with Gasteiger partial charge in [0.25, 0.3) is 5.91 Å². The van der Waals surface area contributed by atoms with Crippen molar-refractivity contribution in [2.24, 2.45) is 5.73 Å². The molecule has 0 aliphatic heterocycles. The van der Waals surface area contributed by atoms with Crippen LogP contribution in [0.15, 0.2) is 0 Å². The number of aryl methyl sites for hydroxylation is 1. The van der Waals surface area contributed by atoms with Gasteiger partial charge in [0.1, 0.15) is 5.00 Å². The van der Waals surface area contributed by atoms with Crippen molar-refractivity contribution in [3.05, 3.63) is 16.0 Å². The summed E-state index contributed by atoms with van der Waals surface area (Å²) in [4.78, 5) is 23.7. The minimum atomic E-state index is -7.83. The van der Waals surface area contributed by atoms with Crippen molar-refractivity contribution in [2.45, 2.75) is 61.7 Å². The van der Waals surface area contributed by atoms with E-state index in [0.29, 0.717) is 29.1 Å². The highest BCUT2D eigenvalue weighted by atomic mass is 32.1. The number of amides is 2. The summed E-state index contributed by atoms with van der Waals surface area (Å²) in [6, 6.07) is 0. The number of nitrogens with one attached hydrogen (secondary N) is 1. The summed E-state index contributed by atoms with van der Waals surface area (Å²) in [6.45, 7) is 0. The van der Waals surface area contributed by atoms with Gasteiger partial charge in [0.2, 0.25) is 0 Å². The first-order valence-corrected chi connectivity index (χ1v) is 9.49. The van der Waals surface area contributed by atoms with Crippen molar-refractivity contribution in [1.29, 1.82) is 0 Å². The van der Waals surface area contributed by atoms with E-state index in [1.807, 2.05) is 0 Å². The molecular formula is C16H12F12N2O2S. The number of alkyl halides is 12. The molecule has 3 N–H and O–H groups in total. The maximum absolute atomic E-state index is 14.0. The molecule has 1 aliphatic rings. The summed E-state index contributed by atoms with van der Waals surface area (Å²) in [6.07, 6.45) is -4.24. The maximum atomic E-state index is 14.0. The molecule has 0 saturated carbocycles. The van der Waals surface area contributed by atoms with E-state index in [9.17, 15) is 62.3 Å². The molecule has 2 rings (SSSR count). The molecule has 0 fully saturated rings. The molecule has 0 bridgehead atoms. The number of carbonyl (C=O) groups excluding carboxylic acids is 2. The van der Waals surface area contributed by atoms with Crippen molar-refractivity contribution in [2.75, 3.05) is 5.32 Å². The number of primary amides is 1. The Labute approximate surface area is 180 Å². The van der Waals surface area contributed by atoms with E-state index in [-0.39, 0.29) is 18.4 Å². The number of hydrogen-bond acceptors (Lipinski definition) is 3. The van der Waals surface area contributed by atoms with Gasteiger partial charge in [-0.05, 0) is 31.2 Å². The lowest BCUT2D eigenvalue weighted by molar-refractivity contribution is -0.406. The molecule has 0 radical (unpaired) electrons. The molecule has 0 aromatic carbocycles. The van der Waals surface area contributed by atoms with Crippen LogP contribution in [0.5, 0.6) is 0 Å². The summed E-state index contributed by atoms with van der Waals surface area (Å²) >= 11 is 0.401. The number of carbonyl (C=O) groups is 2. The lowest BCUT2D eigenvalue weighted by Gasteiger charge is -2.38. The molecule has 188 valence electrons. The predicted octanol–water partition coefficient (Wildman–Crippen LogP) is 5.11. The number of thiophene rings is 1. The van der Waals surface area contributed by atoms with Gasteiger partial charge in [0, 0.05) is 4.88 Å². The molecule has 0 atom stereocenters. The van der Waals surface area contributed by atoms with E-state index in [2.05, 4.69) is 0 Å². The molecule has 1 aromatic rings. The zero-order chi connectivity index (χ0) is 25.8. The van der Waals surface area contributed by atoms with Gasteiger partial charge in [-0.15, -0.1) is 11.3 Å². The molecule has 0 saturated heterocycles. The number of hydrogen-bond donors (Lipinski definition) is 2. The van der Waals surface area contributed by atoms with Crippen molar-refractivity contribution < 1.29 is 62.3 Å². The van der Waals surface area contributed by atoms with Crippen LogP contribution >= 0.6 is 11.3 Å². The minimum Gasteiger partial charge on any atom is -0.365 e. The zero-order valence-electron chi connectivity index (χ0n) is 15.7. The third kappa shape index (κ3) is 3.90. The second kappa shape index (κ2) is 8.23. The normalized spacial score (nSPS) is 16.0. The number of fused-ring (bicyclic) bond motifs is 1. The summed E-state index contributed by atoms with van der Waals surface area (Å²) in [5.41, 5.74) is 4.62. The van der Waals surface area contributed by atoms with Gasteiger partial charge in [-0.25, -0.2) is 8.78 Å². The van der Waals surface area contributed by atoms with E-state index < -0.39 is 58.4 Å². The van der Waals surface area contributed by atoms with Crippen LogP contribution in [-0.4, -0.2) is 47.9 Å². The highest BCUT2D eigenvalue weighted by molar-refractivity contribution is 7.17. The lowest BCUT2D eigenvalue weighted by atomic mass is 9.93. The van der Waals surface area contributed by atoms with E-state index in [1.165, 1.54) is 0 Å². The molecular weight excluding hydrogens is 512 g/mol. The second-order valence-electron chi connectivity index (χ2n) is 6.95. The molecule has 17 heteroatoms. The van der Waals surface area contributed by atoms with Gasteiger partial charge in [-0.1, -0.05) is 0 Å². The third-order valence-corrected chi connectivity index (χ3v) is 6.01. The monoisotopic (exact) mass is 524 g/mol. The lowest BCUT2D eigenvalue weighted by Crippen LogP contribution is -2.70. The minimum absolute atomic E-state index is 0.152. The second-order valence-corrected chi connectivity index (χ2v) is 8.06. The first-order chi connectivity index (χ1) is 14.7. The maximum Gasteiger partial charge on any atom is 0.393 e. The first kappa shape index (κ1) is 27.0. The molecule has 2 amide bonds. The van der Waals surface area contributed by atoms with Gasteiger partial charge in [-0.3, -0.25) is 9.59 Å². The van der Waals surface area contributed by atoms with Crippen LogP contribution in [-0.2, 0) is 17.6 Å². The van der Waals surface area contributed by atoms with Gasteiger partial charge in [-0.2, -0.15) is 43.9 Å². The Hall–Kier alpha value is -2.20. The Balaban J connectivity index is 2.47. The average molecular weight is 524 g/mol. The number of anilines is 1. The van der Waals surface area contributed by atoms with Crippen LogP contribution in [0, 0.1) is 0 Å². The SMILES string of the molecule is NC(=O)c1c(NC(=O)C(F)(F)C(F)(F)C(F)(F)C(F)(F)C(F)(F)C(F)F)sc2c1CCCC2. The topological polar surface area (TPSA) is 72.2 Å². The van der Waals surface area contributed by atoms with Gasteiger partial charge in [0.05, 0.1) is 5.56 Å². The van der Waals surface area contributed by atoms with Gasteiger partial charge >= 0.3 is 41.9 Å². The van der Waals surface area contributed by atoms with Crippen LogP contribution in [0.25, 0.3) is 0 Å². The third-order valence-electron chi connectivity index (χ3n) is 4.81. The predicted molar refractivity (Wildman–Crippen MR) is 88.8 cm³/mol. The number of rotatable bonds is 8. The standard InChI is InChI=1S/C16H12F12N2O2S/c17-10(18)12(19,20)14(23,24)16(27,28)15(25,26)13(21,22)11(32)30-9-7(8(29)31)5-3-1-2-4-6(5)33-9/h10H,1-4H2,(H2,29,31)(H,30,32). The Morgan fingerprint density at radius 3 is 1.85 bits per heavy atom.